The van der Waals surface area contributed by atoms with E-state index in [1.54, 1.807) is 6.07 Å². The van der Waals surface area contributed by atoms with E-state index in [0.717, 1.165) is 29.5 Å². The lowest BCUT2D eigenvalue weighted by molar-refractivity contribution is -0.274. The van der Waals surface area contributed by atoms with Gasteiger partial charge < -0.3 is 15.0 Å². The van der Waals surface area contributed by atoms with Crippen LogP contribution >= 0.6 is 0 Å². The van der Waals surface area contributed by atoms with Gasteiger partial charge in [-0.3, -0.25) is 0 Å². The van der Waals surface area contributed by atoms with Crippen LogP contribution in [-0.2, 0) is 6.42 Å². The smallest absolute Gasteiger partial charge is 0.404 e. The maximum atomic E-state index is 12.8. The van der Waals surface area contributed by atoms with Crippen molar-refractivity contribution in [2.75, 3.05) is 0 Å². The summed E-state index contributed by atoms with van der Waals surface area (Å²) < 4.78 is 47.6. The van der Waals surface area contributed by atoms with Gasteiger partial charge in [-0.25, -0.2) is 0 Å². The fourth-order valence-corrected chi connectivity index (χ4v) is 3.36. The van der Waals surface area contributed by atoms with Crippen molar-refractivity contribution in [3.8, 4) is 34.7 Å². The molecular formula is C19H13F3N4O2. The maximum absolute atomic E-state index is 12.8. The summed E-state index contributed by atoms with van der Waals surface area (Å²) in [7, 11) is 0. The average Bonchev–Trinajstić information content (AvgIpc) is 3.28. The number of rotatable bonds is 3. The van der Waals surface area contributed by atoms with E-state index in [4.69, 9.17) is 15.5 Å². The van der Waals surface area contributed by atoms with E-state index in [-0.39, 0.29) is 28.9 Å². The van der Waals surface area contributed by atoms with Crippen LogP contribution < -0.4 is 10.5 Å². The molecule has 0 spiro atoms. The number of nitrogens with two attached hydrogens (primary N) is 1. The lowest BCUT2D eigenvalue weighted by atomic mass is 10.0. The summed E-state index contributed by atoms with van der Waals surface area (Å²) in [6, 6.07) is 11.1. The second-order valence-corrected chi connectivity index (χ2v) is 6.28. The van der Waals surface area contributed by atoms with Crippen molar-refractivity contribution in [3.05, 3.63) is 53.1 Å². The van der Waals surface area contributed by atoms with Crippen molar-refractivity contribution in [1.82, 2.24) is 10.1 Å². The molecule has 0 unspecified atom stereocenters. The van der Waals surface area contributed by atoms with Gasteiger partial charge >= 0.3 is 6.36 Å². The average molecular weight is 386 g/mol. The first-order chi connectivity index (χ1) is 13.4. The van der Waals surface area contributed by atoms with Crippen LogP contribution in [0.15, 0.2) is 40.9 Å². The minimum Gasteiger partial charge on any atom is -0.404 e. The summed E-state index contributed by atoms with van der Waals surface area (Å²) in [4.78, 5) is 4.24. The van der Waals surface area contributed by atoms with Crippen molar-refractivity contribution in [2.45, 2.75) is 25.2 Å². The van der Waals surface area contributed by atoms with Gasteiger partial charge in [0.15, 0.2) is 5.75 Å². The van der Waals surface area contributed by atoms with Crippen LogP contribution in [0.5, 0.6) is 5.75 Å². The Morgan fingerprint density at radius 3 is 2.68 bits per heavy atom. The molecule has 28 heavy (non-hydrogen) atoms. The van der Waals surface area contributed by atoms with E-state index in [9.17, 15) is 13.2 Å². The first-order valence-electron chi connectivity index (χ1n) is 8.38. The van der Waals surface area contributed by atoms with Crippen LogP contribution in [0.2, 0.25) is 0 Å². The van der Waals surface area contributed by atoms with Crippen molar-refractivity contribution in [2.24, 2.45) is 5.73 Å². The minimum absolute atomic E-state index is 0.0691. The molecule has 9 heteroatoms. The zero-order valence-electron chi connectivity index (χ0n) is 14.3. The SMILES string of the molecule is N#Cc1cccc(-c2nc(-c3cccc4c3CC[C@H]4N)no2)c1OC(F)(F)F. The van der Waals surface area contributed by atoms with E-state index >= 15 is 0 Å². The fourth-order valence-electron chi connectivity index (χ4n) is 3.36. The molecule has 1 heterocycles. The first kappa shape index (κ1) is 18.0. The van der Waals surface area contributed by atoms with E-state index < -0.39 is 12.1 Å². The molecule has 2 N–H and O–H groups in total. The standard InChI is InChI=1S/C19H13F3N4O2/c20-19(21,22)27-16-10(9-23)3-1-6-14(16)18-25-17(26-28-18)13-5-2-4-12-11(13)7-8-15(12)24/h1-6,15H,7-8,24H2/t15-/m1/s1. The van der Waals surface area contributed by atoms with E-state index in [0.29, 0.717) is 0 Å². The predicted molar refractivity (Wildman–Crippen MR) is 91.8 cm³/mol. The van der Waals surface area contributed by atoms with Gasteiger partial charge in [0, 0.05) is 11.6 Å². The molecule has 0 amide bonds. The molecule has 0 radical (unpaired) electrons. The van der Waals surface area contributed by atoms with E-state index in [1.165, 1.54) is 18.2 Å². The number of nitriles is 1. The summed E-state index contributed by atoms with van der Waals surface area (Å²) in [5.74, 6) is -0.611. The Morgan fingerprint density at radius 1 is 1.18 bits per heavy atom. The summed E-state index contributed by atoms with van der Waals surface area (Å²) in [5, 5.41) is 13.0. The molecule has 2 aromatic carbocycles. The molecule has 3 aromatic rings. The predicted octanol–water partition coefficient (Wildman–Crippen LogP) is 4.12. The van der Waals surface area contributed by atoms with Crippen LogP contribution in [0.4, 0.5) is 13.2 Å². The number of fused-ring (bicyclic) bond motifs is 1. The number of hydrogen-bond donors (Lipinski definition) is 1. The van der Waals surface area contributed by atoms with Gasteiger partial charge in [-0.05, 0) is 36.1 Å². The normalized spacial score (nSPS) is 15.9. The summed E-state index contributed by atoms with van der Waals surface area (Å²) in [5.41, 5.74) is 8.39. The summed E-state index contributed by atoms with van der Waals surface area (Å²) in [6.45, 7) is 0. The van der Waals surface area contributed by atoms with Gasteiger partial charge in [-0.1, -0.05) is 29.4 Å². The van der Waals surface area contributed by atoms with Gasteiger partial charge in [0.2, 0.25) is 5.82 Å². The van der Waals surface area contributed by atoms with Crippen LogP contribution in [-0.4, -0.2) is 16.5 Å². The largest absolute Gasteiger partial charge is 0.573 e. The highest BCUT2D eigenvalue weighted by molar-refractivity contribution is 5.70. The lowest BCUT2D eigenvalue weighted by Crippen LogP contribution is -2.18. The molecule has 0 fully saturated rings. The summed E-state index contributed by atoms with van der Waals surface area (Å²) >= 11 is 0. The Morgan fingerprint density at radius 2 is 1.93 bits per heavy atom. The fraction of sp³-hybridized carbons (Fsp3) is 0.211. The Kier molecular flexibility index (Phi) is 4.28. The number of halogens is 3. The van der Waals surface area contributed by atoms with Crippen LogP contribution in [0, 0.1) is 11.3 Å². The third kappa shape index (κ3) is 3.18. The minimum atomic E-state index is -4.97. The molecular weight excluding hydrogens is 373 g/mol. The maximum Gasteiger partial charge on any atom is 0.573 e. The molecule has 142 valence electrons. The highest BCUT2D eigenvalue weighted by atomic mass is 19.4. The van der Waals surface area contributed by atoms with Gasteiger partial charge in [-0.2, -0.15) is 10.2 Å². The quantitative estimate of drug-likeness (QED) is 0.727. The summed E-state index contributed by atoms with van der Waals surface area (Å²) in [6.07, 6.45) is -3.42. The molecule has 1 aromatic heterocycles. The zero-order valence-corrected chi connectivity index (χ0v) is 14.3. The molecule has 6 nitrogen and oxygen atoms in total. The van der Waals surface area contributed by atoms with Crippen molar-refractivity contribution in [3.63, 3.8) is 0 Å². The molecule has 1 atom stereocenters. The lowest BCUT2D eigenvalue weighted by Gasteiger charge is -2.12. The Labute approximate surface area is 157 Å². The van der Waals surface area contributed by atoms with Gasteiger partial charge in [0.25, 0.3) is 5.89 Å². The zero-order chi connectivity index (χ0) is 19.9. The number of hydrogen-bond acceptors (Lipinski definition) is 6. The van der Waals surface area contributed by atoms with Crippen molar-refractivity contribution >= 4 is 0 Å². The second-order valence-electron chi connectivity index (χ2n) is 6.28. The second kappa shape index (κ2) is 6.65. The molecule has 0 saturated carbocycles. The van der Waals surface area contributed by atoms with Crippen molar-refractivity contribution < 1.29 is 22.4 Å². The van der Waals surface area contributed by atoms with Gasteiger partial charge in [-0.15, -0.1) is 13.2 Å². The third-order valence-corrected chi connectivity index (χ3v) is 4.57. The molecule has 4 rings (SSSR count). The monoisotopic (exact) mass is 386 g/mol. The van der Waals surface area contributed by atoms with E-state index in [1.807, 2.05) is 18.2 Å². The first-order valence-corrected chi connectivity index (χ1v) is 8.38. The topological polar surface area (TPSA) is 98.0 Å². The Balaban J connectivity index is 1.79. The Bertz CT molecular complexity index is 1090. The molecule has 0 saturated heterocycles. The van der Waals surface area contributed by atoms with Crippen LogP contribution in [0.25, 0.3) is 22.8 Å². The molecule has 1 aliphatic carbocycles. The van der Waals surface area contributed by atoms with Crippen molar-refractivity contribution in [1.29, 1.82) is 5.26 Å². The van der Waals surface area contributed by atoms with Gasteiger partial charge in [0.1, 0.15) is 6.07 Å². The third-order valence-electron chi connectivity index (χ3n) is 4.57. The molecule has 0 bridgehead atoms. The number of aromatic nitrogens is 2. The van der Waals surface area contributed by atoms with E-state index in [2.05, 4.69) is 14.9 Å². The molecule has 0 aliphatic heterocycles. The number of para-hydroxylation sites is 1. The highest BCUT2D eigenvalue weighted by Crippen LogP contribution is 2.39. The number of ether oxygens (including phenoxy) is 1. The number of nitrogens with zero attached hydrogens (tertiary/aromatic N) is 3. The highest BCUT2D eigenvalue weighted by Gasteiger charge is 2.34. The Hall–Kier alpha value is -3.38. The number of alkyl halides is 3. The van der Waals surface area contributed by atoms with Crippen LogP contribution in [0.1, 0.15) is 29.2 Å². The number of benzene rings is 2. The van der Waals surface area contributed by atoms with Gasteiger partial charge in [0.05, 0.1) is 11.1 Å². The molecule has 1 aliphatic rings. The van der Waals surface area contributed by atoms with Crippen LogP contribution in [0.3, 0.4) is 0 Å².